The van der Waals surface area contributed by atoms with Crippen LogP contribution in [0.25, 0.3) is 0 Å². The minimum atomic E-state index is 0.288. The Hall–Kier alpha value is -1.36. The van der Waals surface area contributed by atoms with E-state index in [0.717, 1.165) is 39.0 Å². The van der Waals surface area contributed by atoms with Gasteiger partial charge in [-0.3, -0.25) is 4.79 Å². The van der Waals surface area contributed by atoms with Gasteiger partial charge in [0.15, 0.2) is 0 Å². The normalized spacial score (nSPS) is 23.2. The van der Waals surface area contributed by atoms with Crippen LogP contribution in [-0.4, -0.2) is 40.0 Å². The van der Waals surface area contributed by atoms with Gasteiger partial charge >= 0.3 is 0 Å². The Morgan fingerprint density at radius 2 is 2.21 bits per heavy atom. The second-order valence-corrected chi connectivity index (χ2v) is 5.50. The molecule has 1 amide bonds. The van der Waals surface area contributed by atoms with Crippen LogP contribution in [0.4, 0.5) is 0 Å². The molecule has 1 N–H and O–H groups in total. The predicted molar refractivity (Wildman–Crippen MR) is 72.6 cm³/mol. The number of aryl methyl sites for hydroxylation is 1. The molecule has 1 aromatic rings. The average molecular weight is 262 g/mol. The first-order chi connectivity index (χ1) is 9.34. The first-order valence-electron chi connectivity index (χ1n) is 7.36. The molecule has 0 spiro atoms. The smallest absolute Gasteiger partial charge is 0.224 e. The van der Waals surface area contributed by atoms with E-state index in [1.165, 1.54) is 18.5 Å². The summed E-state index contributed by atoms with van der Waals surface area (Å²) in [7, 11) is 0. The third kappa shape index (κ3) is 2.81. The molecule has 0 bridgehead atoms. The number of hydrogen-bond acceptors (Lipinski definition) is 3. The molecule has 2 aliphatic rings. The molecular formula is C14H22N4O. The van der Waals surface area contributed by atoms with Gasteiger partial charge in [0, 0.05) is 38.3 Å². The number of likely N-dealkylation sites (tertiary alicyclic amines) is 1. The molecule has 1 aromatic heterocycles. The average Bonchev–Trinajstić information content (AvgIpc) is 3.14. The van der Waals surface area contributed by atoms with Crippen LogP contribution >= 0.6 is 0 Å². The number of carbonyl (C=O) groups is 1. The van der Waals surface area contributed by atoms with Gasteiger partial charge in [-0.05, 0) is 32.2 Å². The van der Waals surface area contributed by atoms with E-state index >= 15 is 0 Å². The summed E-state index contributed by atoms with van der Waals surface area (Å²) < 4.78 is 2.14. The molecule has 0 aromatic carbocycles. The lowest BCUT2D eigenvalue weighted by Gasteiger charge is -2.17. The SMILES string of the molecule is O=C(CCn1cncc1C1CCCN1)N1CCCC1. The number of hydrogen-bond donors (Lipinski definition) is 1. The van der Waals surface area contributed by atoms with Gasteiger partial charge in [-0.25, -0.2) is 4.98 Å². The van der Waals surface area contributed by atoms with Crippen molar-refractivity contribution in [2.75, 3.05) is 19.6 Å². The molecule has 5 nitrogen and oxygen atoms in total. The molecule has 1 atom stereocenters. The maximum absolute atomic E-state index is 12.0. The van der Waals surface area contributed by atoms with Crippen molar-refractivity contribution >= 4 is 5.91 Å². The van der Waals surface area contributed by atoms with Gasteiger partial charge in [-0.1, -0.05) is 0 Å². The van der Waals surface area contributed by atoms with Crippen molar-refractivity contribution < 1.29 is 4.79 Å². The summed E-state index contributed by atoms with van der Waals surface area (Å²) in [6, 6.07) is 0.421. The molecule has 3 heterocycles. The summed E-state index contributed by atoms with van der Waals surface area (Å²) >= 11 is 0. The van der Waals surface area contributed by atoms with Gasteiger partial charge in [0.05, 0.1) is 12.0 Å². The van der Waals surface area contributed by atoms with Crippen LogP contribution in [0, 0.1) is 0 Å². The minimum absolute atomic E-state index is 0.288. The Bertz CT molecular complexity index is 430. The first-order valence-corrected chi connectivity index (χ1v) is 7.36. The largest absolute Gasteiger partial charge is 0.343 e. The summed E-state index contributed by atoms with van der Waals surface area (Å²) in [4.78, 5) is 18.3. The number of amides is 1. The zero-order chi connectivity index (χ0) is 13.1. The Kier molecular flexibility index (Phi) is 3.82. The van der Waals surface area contributed by atoms with Crippen LogP contribution in [0.3, 0.4) is 0 Å². The minimum Gasteiger partial charge on any atom is -0.343 e. The zero-order valence-corrected chi connectivity index (χ0v) is 11.3. The summed E-state index contributed by atoms with van der Waals surface area (Å²) in [6.45, 7) is 3.73. The third-order valence-electron chi connectivity index (χ3n) is 4.19. The van der Waals surface area contributed by atoms with Crippen molar-refractivity contribution in [3.05, 3.63) is 18.2 Å². The standard InChI is InChI=1S/C14H22N4O/c19-14(17-7-1-2-8-17)5-9-18-11-15-10-13(18)12-4-3-6-16-12/h10-12,16H,1-9H2. The van der Waals surface area contributed by atoms with Gasteiger partial charge in [0.1, 0.15) is 0 Å². The van der Waals surface area contributed by atoms with E-state index in [9.17, 15) is 4.79 Å². The third-order valence-corrected chi connectivity index (χ3v) is 4.19. The maximum Gasteiger partial charge on any atom is 0.224 e. The Morgan fingerprint density at radius 1 is 1.37 bits per heavy atom. The Balaban J connectivity index is 1.57. The highest BCUT2D eigenvalue weighted by atomic mass is 16.2. The number of nitrogens with zero attached hydrogens (tertiary/aromatic N) is 3. The molecule has 104 valence electrons. The van der Waals surface area contributed by atoms with Gasteiger partial charge < -0.3 is 14.8 Å². The van der Waals surface area contributed by atoms with Crippen LogP contribution in [0.15, 0.2) is 12.5 Å². The number of imidazole rings is 1. The van der Waals surface area contributed by atoms with E-state index < -0.39 is 0 Å². The van der Waals surface area contributed by atoms with Crippen molar-refractivity contribution in [2.24, 2.45) is 0 Å². The van der Waals surface area contributed by atoms with Crippen molar-refractivity contribution in [3.8, 4) is 0 Å². The highest BCUT2D eigenvalue weighted by molar-refractivity contribution is 5.76. The fourth-order valence-corrected chi connectivity index (χ4v) is 3.09. The molecule has 0 aliphatic carbocycles. The van der Waals surface area contributed by atoms with Gasteiger partial charge in [-0.15, -0.1) is 0 Å². The summed E-state index contributed by atoms with van der Waals surface area (Å²) in [5.74, 6) is 0.288. The van der Waals surface area contributed by atoms with Crippen molar-refractivity contribution in [3.63, 3.8) is 0 Å². The van der Waals surface area contributed by atoms with Crippen molar-refractivity contribution in [2.45, 2.75) is 44.7 Å². The van der Waals surface area contributed by atoms with Crippen LogP contribution in [-0.2, 0) is 11.3 Å². The monoisotopic (exact) mass is 262 g/mol. The first kappa shape index (κ1) is 12.7. The lowest BCUT2D eigenvalue weighted by molar-refractivity contribution is -0.130. The van der Waals surface area contributed by atoms with Gasteiger partial charge in [-0.2, -0.15) is 0 Å². The van der Waals surface area contributed by atoms with E-state index in [1.54, 1.807) is 0 Å². The summed E-state index contributed by atoms with van der Waals surface area (Å²) in [5.41, 5.74) is 1.23. The van der Waals surface area contributed by atoms with Crippen LogP contribution in [0.1, 0.15) is 43.8 Å². The Morgan fingerprint density at radius 3 is 2.95 bits per heavy atom. The van der Waals surface area contributed by atoms with Crippen LogP contribution < -0.4 is 5.32 Å². The summed E-state index contributed by atoms with van der Waals surface area (Å²) in [6.07, 6.45) is 9.10. The summed E-state index contributed by atoms with van der Waals surface area (Å²) in [5, 5.41) is 3.49. The molecule has 2 fully saturated rings. The second kappa shape index (κ2) is 5.74. The van der Waals surface area contributed by atoms with E-state index in [-0.39, 0.29) is 5.91 Å². The highest BCUT2D eigenvalue weighted by Crippen LogP contribution is 2.22. The van der Waals surface area contributed by atoms with Crippen molar-refractivity contribution in [1.29, 1.82) is 0 Å². The molecule has 1 unspecified atom stereocenters. The number of nitrogens with one attached hydrogen (secondary N) is 1. The van der Waals surface area contributed by atoms with E-state index in [2.05, 4.69) is 14.9 Å². The molecule has 2 aliphatic heterocycles. The van der Waals surface area contributed by atoms with Crippen LogP contribution in [0.2, 0.25) is 0 Å². The fourth-order valence-electron chi connectivity index (χ4n) is 3.09. The highest BCUT2D eigenvalue weighted by Gasteiger charge is 2.21. The van der Waals surface area contributed by atoms with Crippen molar-refractivity contribution in [1.82, 2.24) is 19.8 Å². The molecule has 0 saturated carbocycles. The predicted octanol–water partition coefficient (Wildman–Crippen LogP) is 1.32. The molecule has 19 heavy (non-hydrogen) atoms. The number of aromatic nitrogens is 2. The lowest BCUT2D eigenvalue weighted by Crippen LogP contribution is -2.28. The molecular weight excluding hydrogens is 240 g/mol. The Labute approximate surface area is 114 Å². The van der Waals surface area contributed by atoms with Gasteiger partial charge in [0.2, 0.25) is 5.91 Å². The van der Waals surface area contributed by atoms with E-state index in [1.807, 2.05) is 17.4 Å². The lowest BCUT2D eigenvalue weighted by atomic mass is 10.2. The fraction of sp³-hybridized carbons (Fsp3) is 0.714. The quantitative estimate of drug-likeness (QED) is 0.890. The number of carbonyl (C=O) groups excluding carboxylic acids is 1. The van der Waals surface area contributed by atoms with Crippen LogP contribution in [0.5, 0.6) is 0 Å². The second-order valence-electron chi connectivity index (χ2n) is 5.50. The maximum atomic E-state index is 12.0. The number of rotatable bonds is 4. The molecule has 3 rings (SSSR count). The molecule has 2 saturated heterocycles. The molecule has 0 radical (unpaired) electrons. The topological polar surface area (TPSA) is 50.2 Å². The zero-order valence-electron chi connectivity index (χ0n) is 11.3. The van der Waals surface area contributed by atoms with E-state index in [4.69, 9.17) is 0 Å². The van der Waals surface area contributed by atoms with E-state index in [0.29, 0.717) is 12.5 Å². The van der Waals surface area contributed by atoms with Gasteiger partial charge in [0.25, 0.3) is 0 Å². The molecule has 5 heteroatoms.